The molecule has 0 aromatic carbocycles. The van der Waals surface area contributed by atoms with Crippen LogP contribution in [0.3, 0.4) is 0 Å². The average Bonchev–Trinajstić information content (AvgIpc) is 2.57. The van der Waals surface area contributed by atoms with E-state index in [1.54, 1.807) is 0 Å². The summed E-state index contributed by atoms with van der Waals surface area (Å²) in [6.45, 7) is 14.4. The van der Waals surface area contributed by atoms with Crippen molar-refractivity contribution < 1.29 is 19.1 Å². The molecule has 2 amide bonds. The van der Waals surface area contributed by atoms with E-state index in [1.807, 2.05) is 41.8 Å². The van der Waals surface area contributed by atoms with Crippen LogP contribution in [-0.4, -0.2) is 76.9 Å². The third-order valence-corrected chi connectivity index (χ3v) is 3.17. The van der Waals surface area contributed by atoms with E-state index in [0.717, 1.165) is 19.6 Å². The molecule has 26 heavy (non-hydrogen) atoms. The number of rotatable bonds is 13. The summed E-state index contributed by atoms with van der Waals surface area (Å²) < 4.78 is 10.5. The molecule has 0 bridgehead atoms. The summed E-state index contributed by atoms with van der Waals surface area (Å²) in [6.07, 6.45) is 1.03. The van der Waals surface area contributed by atoms with Gasteiger partial charge in [0.05, 0.1) is 19.8 Å². The van der Waals surface area contributed by atoms with E-state index in [2.05, 4.69) is 22.5 Å². The Kier molecular flexibility index (Phi) is 19.4. The Hall–Kier alpha value is -1.18. The number of amides is 2. The van der Waals surface area contributed by atoms with Crippen molar-refractivity contribution >= 4 is 11.8 Å². The first-order valence-corrected chi connectivity index (χ1v) is 9.57. The standard InChI is InChI=1S/C10H22N2O2.C9H19NO2/c1-9(2)10(13)11-5-7-14-8-6-12(3)4;1-4-6-12-7-5-10-9(11)8(2)3/h9H,5-8H2,1-4H3,(H,11,13);8H,4-7H2,1-3H3,(H,10,11). The lowest BCUT2D eigenvalue weighted by Gasteiger charge is -2.10. The summed E-state index contributed by atoms with van der Waals surface area (Å²) in [7, 11) is 4.01. The Balaban J connectivity index is 0. The van der Waals surface area contributed by atoms with E-state index in [0.29, 0.717) is 32.9 Å². The predicted molar refractivity (Wildman–Crippen MR) is 106 cm³/mol. The fourth-order valence-electron chi connectivity index (χ4n) is 1.50. The highest BCUT2D eigenvalue weighted by atomic mass is 16.5. The molecule has 0 fully saturated rings. The third kappa shape index (κ3) is 20.9. The van der Waals surface area contributed by atoms with E-state index < -0.39 is 0 Å². The first-order chi connectivity index (χ1) is 12.2. The molecule has 0 aliphatic heterocycles. The van der Waals surface area contributed by atoms with Gasteiger partial charge in [-0.3, -0.25) is 9.59 Å². The maximum atomic E-state index is 11.1. The second-order valence-corrected chi connectivity index (χ2v) is 6.92. The van der Waals surface area contributed by atoms with Crippen LogP contribution < -0.4 is 10.6 Å². The first kappa shape index (κ1) is 27.0. The molecule has 2 N–H and O–H groups in total. The van der Waals surface area contributed by atoms with Crippen LogP contribution in [-0.2, 0) is 19.1 Å². The highest BCUT2D eigenvalue weighted by Crippen LogP contribution is 1.90. The van der Waals surface area contributed by atoms with Crippen LogP contribution in [0.1, 0.15) is 41.0 Å². The molecule has 0 heterocycles. The molecule has 0 rings (SSSR count). The van der Waals surface area contributed by atoms with Crippen molar-refractivity contribution in [3.8, 4) is 0 Å². The quantitative estimate of drug-likeness (QED) is 0.477. The van der Waals surface area contributed by atoms with Crippen LogP contribution in [0.5, 0.6) is 0 Å². The van der Waals surface area contributed by atoms with Gasteiger partial charge in [0.15, 0.2) is 0 Å². The lowest BCUT2D eigenvalue weighted by Crippen LogP contribution is -2.31. The maximum Gasteiger partial charge on any atom is 0.222 e. The zero-order valence-electron chi connectivity index (χ0n) is 17.9. The number of hydrogen-bond acceptors (Lipinski definition) is 5. The van der Waals surface area contributed by atoms with Crippen molar-refractivity contribution in [2.75, 3.05) is 60.2 Å². The van der Waals surface area contributed by atoms with E-state index in [-0.39, 0.29) is 23.7 Å². The molecule has 156 valence electrons. The maximum absolute atomic E-state index is 11.1. The molecule has 0 spiro atoms. The van der Waals surface area contributed by atoms with Crippen molar-refractivity contribution in [1.29, 1.82) is 0 Å². The smallest absolute Gasteiger partial charge is 0.222 e. The Bertz CT molecular complexity index is 348. The largest absolute Gasteiger partial charge is 0.380 e. The van der Waals surface area contributed by atoms with Gasteiger partial charge in [-0.25, -0.2) is 0 Å². The lowest BCUT2D eigenvalue weighted by atomic mass is 10.2. The summed E-state index contributed by atoms with van der Waals surface area (Å²) in [5.41, 5.74) is 0. The van der Waals surface area contributed by atoms with Gasteiger partial charge in [0, 0.05) is 38.1 Å². The Morgan fingerprint density at radius 2 is 1.23 bits per heavy atom. The van der Waals surface area contributed by atoms with Gasteiger partial charge in [-0.05, 0) is 20.5 Å². The monoisotopic (exact) mass is 375 g/mol. The van der Waals surface area contributed by atoms with Crippen molar-refractivity contribution in [1.82, 2.24) is 15.5 Å². The highest BCUT2D eigenvalue weighted by molar-refractivity contribution is 5.78. The van der Waals surface area contributed by atoms with Gasteiger partial charge >= 0.3 is 0 Å². The van der Waals surface area contributed by atoms with Crippen LogP contribution in [0.4, 0.5) is 0 Å². The van der Waals surface area contributed by atoms with Gasteiger partial charge in [-0.2, -0.15) is 0 Å². The van der Waals surface area contributed by atoms with Crippen molar-refractivity contribution in [3.05, 3.63) is 0 Å². The molecule has 0 radical (unpaired) electrons. The van der Waals surface area contributed by atoms with Crippen LogP contribution in [0.2, 0.25) is 0 Å². The third-order valence-electron chi connectivity index (χ3n) is 3.17. The molecule has 0 saturated carbocycles. The van der Waals surface area contributed by atoms with Gasteiger partial charge in [0.25, 0.3) is 0 Å². The van der Waals surface area contributed by atoms with E-state index in [1.165, 1.54) is 0 Å². The summed E-state index contributed by atoms with van der Waals surface area (Å²) in [5.74, 6) is 0.296. The normalized spacial score (nSPS) is 10.7. The Morgan fingerprint density at radius 3 is 1.58 bits per heavy atom. The highest BCUT2D eigenvalue weighted by Gasteiger charge is 2.05. The fraction of sp³-hybridized carbons (Fsp3) is 0.895. The molecule has 0 saturated heterocycles. The molecular formula is C19H41N3O4. The molecule has 0 atom stereocenters. The number of nitrogens with zero attached hydrogens (tertiary/aromatic N) is 1. The van der Waals surface area contributed by atoms with Gasteiger partial charge in [-0.15, -0.1) is 0 Å². The lowest BCUT2D eigenvalue weighted by molar-refractivity contribution is -0.125. The van der Waals surface area contributed by atoms with Crippen molar-refractivity contribution in [2.45, 2.75) is 41.0 Å². The van der Waals surface area contributed by atoms with Gasteiger partial charge < -0.3 is 25.0 Å². The number of ether oxygens (including phenoxy) is 2. The van der Waals surface area contributed by atoms with Crippen LogP contribution in [0.25, 0.3) is 0 Å². The van der Waals surface area contributed by atoms with Crippen LogP contribution in [0, 0.1) is 11.8 Å². The Labute approximate surface area is 160 Å². The van der Waals surface area contributed by atoms with Crippen LogP contribution >= 0.6 is 0 Å². The van der Waals surface area contributed by atoms with Gasteiger partial charge in [-0.1, -0.05) is 34.6 Å². The zero-order chi connectivity index (χ0) is 20.4. The number of likely N-dealkylation sites (N-methyl/N-ethyl adjacent to an activating group) is 1. The zero-order valence-corrected chi connectivity index (χ0v) is 17.9. The minimum absolute atomic E-state index is 0.0526. The second kappa shape index (κ2) is 18.6. The number of nitrogens with one attached hydrogen (secondary N) is 2. The van der Waals surface area contributed by atoms with Crippen LogP contribution in [0.15, 0.2) is 0 Å². The minimum atomic E-state index is 0.0526. The molecular weight excluding hydrogens is 334 g/mol. The summed E-state index contributed by atoms with van der Waals surface area (Å²) in [4.78, 5) is 24.2. The summed E-state index contributed by atoms with van der Waals surface area (Å²) >= 11 is 0. The molecule has 0 aliphatic carbocycles. The topological polar surface area (TPSA) is 79.9 Å². The molecule has 0 unspecified atom stereocenters. The van der Waals surface area contributed by atoms with Gasteiger partial charge in [0.1, 0.15) is 0 Å². The van der Waals surface area contributed by atoms with E-state index in [9.17, 15) is 9.59 Å². The summed E-state index contributed by atoms with van der Waals surface area (Å²) in [6, 6.07) is 0. The van der Waals surface area contributed by atoms with Gasteiger partial charge in [0.2, 0.25) is 11.8 Å². The first-order valence-electron chi connectivity index (χ1n) is 9.57. The number of carbonyl (C=O) groups excluding carboxylic acids is 2. The fourth-order valence-corrected chi connectivity index (χ4v) is 1.50. The molecule has 0 aromatic heterocycles. The molecule has 0 aromatic rings. The summed E-state index contributed by atoms with van der Waals surface area (Å²) in [5, 5.41) is 5.57. The minimum Gasteiger partial charge on any atom is -0.380 e. The van der Waals surface area contributed by atoms with Crippen molar-refractivity contribution in [2.24, 2.45) is 11.8 Å². The van der Waals surface area contributed by atoms with Crippen molar-refractivity contribution in [3.63, 3.8) is 0 Å². The molecule has 0 aliphatic rings. The number of carbonyl (C=O) groups is 2. The van der Waals surface area contributed by atoms with E-state index >= 15 is 0 Å². The SMILES string of the molecule is CC(C)C(=O)NCCOCCN(C)C.CCCOCCNC(=O)C(C)C. The second-order valence-electron chi connectivity index (χ2n) is 6.92. The average molecular weight is 376 g/mol. The molecule has 7 heteroatoms. The molecule has 7 nitrogen and oxygen atoms in total. The number of hydrogen-bond donors (Lipinski definition) is 2. The Morgan fingerprint density at radius 1 is 0.808 bits per heavy atom. The predicted octanol–water partition coefficient (Wildman–Crippen LogP) is 1.52. The van der Waals surface area contributed by atoms with E-state index in [4.69, 9.17) is 9.47 Å².